The number of urea groups is 1. The number of aliphatic carboxylic acids is 1. The fraction of sp³-hybridized carbons (Fsp3) is 0.857. The van der Waals surface area contributed by atoms with E-state index >= 15 is 0 Å². The molecule has 0 aromatic carbocycles. The number of carbonyl (C=O) groups excluding carboxylic acids is 1. The van der Waals surface area contributed by atoms with Crippen LogP contribution in [0.3, 0.4) is 0 Å². The number of amides is 2. The third-order valence-corrected chi connectivity index (χ3v) is 4.19. The second-order valence-corrected chi connectivity index (χ2v) is 5.78. The highest BCUT2D eigenvalue weighted by Gasteiger charge is 2.41. The number of carboxylic acid groups (broad SMARTS) is 1. The lowest BCUT2D eigenvalue weighted by Gasteiger charge is -2.34. The van der Waals surface area contributed by atoms with Crippen LogP contribution in [-0.2, 0) is 9.53 Å². The first kappa shape index (κ1) is 15.1. The van der Waals surface area contributed by atoms with E-state index in [0.29, 0.717) is 32.1 Å². The number of carbonyl (C=O) groups is 2. The highest BCUT2D eigenvalue weighted by Crippen LogP contribution is 2.31. The van der Waals surface area contributed by atoms with E-state index in [0.717, 1.165) is 25.8 Å². The summed E-state index contributed by atoms with van der Waals surface area (Å²) in [5.74, 6) is -0.838. The lowest BCUT2D eigenvalue weighted by molar-refractivity contribution is -0.154. The van der Waals surface area contributed by atoms with Crippen molar-refractivity contribution >= 4 is 12.0 Å². The Balaban J connectivity index is 1.91. The van der Waals surface area contributed by atoms with Crippen LogP contribution in [0.15, 0.2) is 0 Å². The first-order valence-electron chi connectivity index (χ1n) is 7.45. The molecule has 0 spiro atoms. The molecule has 20 heavy (non-hydrogen) atoms. The minimum absolute atomic E-state index is 0.124. The SMILES string of the molecule is CCCN(C(=O)NCC1(C(=O)O)CCOCC1)C1CC1. The highest BCUT2D eigenvalue weighted by atomic mass is 16.5. The number of nitrogens with zero attached hydrogens (tertiary/aromatic N) is 1. The zero-order chi connectivity index (χ0) is 14.6. The third kappa shape index (κ3) is 3.42. The van der Waals surface area contributed by atoms with Gasteiger partial charge in [0.05, 0.1) is 5.41 Å². The number of hydrogen-bond donors (Lipinski definition) is 2. The van der Waals surface area contributed by atoms with E-state index in [9.17, 15) is 14.7 Å². The van der Waals surface area contributed by atoms with Crippen molar-refractivity contribution in [1.82, 2.24) is 10.2 Å². The molecule has 0 bridgehead atoms. The Morgan fingerprint density at radius 2 is 2.00 bits per heavy atom. The molecule has 2 rings (SSSR count). The minimum atomic E-state index is -0.866. The standard InChI is InChI=1S/C14H24N2O4/c1-2-7-16(11-3-4-11)13(19)15-10-14(12(17)18)5-8-20-9-6-14/h11H,2-10H2,1H3,(H,15,19)(H,17,18). The van der Waals surface area contributed by atoms with Crippen molar-refractivity contribution < 1.29 is 19.4 Å². The molecule has 2 amide bonds. The van der Waals surface area contributed by atoms with Crippen molar-refractivity contribution in [3.8, 4) is 0 Å². The van der Waals surface area contributed by atoms with Crippen LogP contribution in [0.4, 0.5) is 4.79 Å². The van der Waals surface area contributed by atoms with Crippen LogP contribution < -0.4 is 5.32 Å². The molecule has 6 nitrogen and oxygen atoms in total. The number of rotatable bonds is 6. The lowest BCUT2D eigenvalue weighted by atomic mass is 9.80. The minimum Gasteiger partial charge on any atom is -0.481 e. The van der Waals surface area contributed by atoms with Crippen molar-refractivity contribution in [1.29, 1.82) is 0 Å². The fourth-order valence-corrected chi connectivity index (χ4v) is 2.65. The summed E-state index contributed by atoms with van der Waals surface area (Å²) in [5.41, 5.74) is -0.866. The summed E-state index contributed by atoms with van der Waals surface area (Å²) in [6.07, 6.45) is 3.96. The summed E-state index contributed by atoms with van der Waals surface area (Å²) in [6, 6.07) is 0.229. The van der Waals surface area contributed by atoms with Crippen LogP contribution in [-0.4, -0.2) is 54.4 Å². The number of nitrogens with one attached hydrogen (secondary N) is 1. The number of carboxylic acids is 1. The van der Waals surface area contributed by atoms with Crippen molar-refractivity contribution in [2.45, 2.75) is 45.1 Å². The van der Waals surface area contributed by atoms with Crippen molar-refractivity contribution in [2.24, 2.45) is 5.41 Å². The Labute approximate surface area is 119 Å². The zero-order valence-electron chi connectivity index (χ0n) is 12.1. The summed E-state index contributed by atoms with van der Waals surface area (Å²) in [6.45, 7) is 3.87. The summed E-state index contributed by atoms with van der Waals surface area (Å²) >= 11 is 0. The van der Waals surface area contributed by atoms with Crippen LogP contribution in [0.5, 0.6) is 0 Å². The average Bonchev–Trinajstić information content (AvgIpc) is 3.27. The van der Waals surface area contributed by atoms with Gasteiger partial charge in [0.1, 0.15) is 0 Å². The summed E-state index contributed by atoms with van der Waals surface area (Å²) < 4.78 is 5.23. The quantitative estimate of drug-likeness (QED) is 0.774. The molecule has 2 fully saturated rings. The molecule has 0 aromatic heterocycles. The molecule has 1 aliphatic heterocycles. The van der Waals surface area contributed by atoms with Crippen LogP contribution >= 0.6 is 0 Å². The van der Waals surface area contributed by atoms with E-state index in [1.165, 1.54) is 0 Å². The predicted molar refractivity (Wildman–Crippen MR) is 73.5 cm³/mol. The van der Waals surface area contributed by atoms with Crippen LogP contribution in [0.1, 0.15) is 39.0 Å². The molecule has 6 heteroatoms. The van der Waals surface area contributed by atoms with Gasteiger partial charge >= 0.3 is 12.0 Å². The normalized spacial score (nSPS) is 21.2. The van der Waals surface area contributed by atoms with Gasteiger partial charge in [0.15, 0.2) is 0 Å². The molecule has 0 unspecified atom stereocenters. The van der Waals surface area contributed by atoms with E-state index in [2.05, 4.69) is 5.32 Å². The maximum absolute atomic E-state index is 12.2. The van der Waals surface area contributed by atoms with E-state index in [1.807, 2.05) is 11.8 Å². The monoisotopic (exact) mass is 284 g/mol. The Kier molecular flexibility index (Phi) is 4.86. The number of hydrogen-bond acceptors (Lipinski definition) is 3. The molecular weight excluding hydrogens is 260 g/mol. The average molecular weight is 284 g/mol. The molecule has 1 saturated heterocycles. The van der Waals surface area contributed by atoms with E-state index in [1.54, 1.807) is 0 Å². The Hall–Kier alpha value is -1.30. The van der Waals surface area contributed by atoms with Gasteiger partial charge in [0.25, 0.3) is 0 Å². The first-order chi connectivity index (χ1) is 9.59. The molecule has 1 heterocycles. The zero-order valence-corrected chi connectivity index (χ0v) is 12.1. The van der Waals surface area contributed by atoms with Gasteiger partial charge in [-0.3, -0.25) is 4.79 Å². The Bertz CT molecular complexity index is 362. The molecule has 114 valence electrons. The first-order valence-corrected chi connectivity index (χ1v) is 7.45. The van der Waals surface area contributed by atoms with Crippen LogP contribution in [0.2, 0.25) is 0 Å². The summed E-state index contributed by atoms with van der Waals surface area (Å²) in [4.78, 5) is 25.6. The maximum Gasteiger partial charge on any atom is 0.317 e. The lowest BCUT2D eigenvalue weighted by Crippen LogP contribution is -2.50. The van der Waals surface area contributed by atoms with Gasteiger partial charge < -0.3 is 20.1 Å². The molecular formula is C14H24N2O4. The summed E-state index contributed by atoms with van der Waals surface area (Å²) in [7, 11) is 0. The molecule has 1 saturated carbocycles. The van der Waals surface area contributed by atoms with Gasteiger partial charge in [-0.05, 0) is 32.1 Å². The maximum atomic E-state index is 12.2. The Morgan fingerprint density at radius 1 is 1.35 bits per heavy atom. The predicted octanol–water partition coefficient (Wildman–Crippen LogP) is 1.45. The molecule has 2 aliphatic rings. The van der Waals surface area contributed by atoms with Crippen LogP contribution in [0.25, 0.3) is 0 Å². The van der Waals surface area contributed by atoms with Crippen molar-refractivity contribution in [3.05, 3.63) is 0 Å². The van der Waals surface area contributed by atoms with Gasteiger partial charge in [0.2, 0.25) is 0 Å². The van der Waals surface area contributed by atoms with E-state index < -0.39 is 11.4 Å². The molecule has 0 radical (unpaired) electrons. The largest absolute Gasteiger partial charge is 0.481 e. The summed E-state index contributed by atoms with van der Waals surface area (Å²) in [5, 5.41) is 12.3. The highest BCUT2D eigenvalue weighted by molar-refractivity contribution is 5.78. The van der Waals surface area contributed by atoms with Gasteiger partial charge in [-0.25, -0.2) is 4.79 Å². The second-order valence-electron chi connectivity index (χ2n) is 5.78. The Morgan fingerprint density at radius 3 is 2.50 bits per heavy atom. The third-order valence-electron chi connectivity index (χ3n) is 4.19. The van der Waals surface area contributed by atoms with E-state index in [-0.39, 0.29) is 12.6 Å². The molecule has 2 N–H and O–H groups in total. The van der Waals surface area contributed by atoms with Gasteiger partial charge in [0, 0.05) is 32.3 Å². The van der Waals surface area contributed by atoms with Gasteiger partial charge in [-0.1, -0.05) is 6.92 Å². The molecule has 0 aromatic rings. The fourth-order valence-electron chi connectivity index (χ4n) is 2.65. The smallest absolute Gasteiger partial charge is 0.317 e. The molecule has 0 atom stereocenters. The van der Waals surface area contributed by atoms with Crippen molar-refractivity contribution in [3.63, 3.8) is 0 Å². The van der Waals surface area contributed by atoms with Crippen LogP contribution in [0, 0.1) is 5.41 Å². The number of ether oxygens (including phenoxy) is 1. The van der Waals surface area contributed by atoms with Gasteiger partial charge in [-0.2, -0.15) is 0 Å². The topological polar surface area (TPSA) is 78.9 Å². The van der Waals surface area contributed by atoms with E-state index in [4.69, 9.17) is 4.74 Å². The molecule has 1 aliphatic carbocycles. The van der Waals surface area contributed by atoms with Gasteiger partial charge in [-0.15, -0.1) is 0 Å². The second kappa shape index (κ2) is 6.43. The van der Waals surface area contributed by atoms with Crippen molar-refractivity contribution in [2.75, 3.05) is 26.3 Å².